The Morgan fingerprint density at radius 3 is 2.67 bits per heavy atom. The molecule has 3 aromatic rings. The lowest BCUT2D eigenvalue weighted by molar-refractivity contribution is -0.384. The lowest BCUT2D eigenvalue weighted by Crippen LogP contribution is -2.09. The Balaban J connectivity index is 1.90. The molecular formula is C20H17N5O2. The van der Waals surface area contributed by atoms with E-state index in [1.807, 2.05) is 38.1 Å². The number of hydrogen-bond acceptors (Lipinski definition) is 6. The molecule has 0 aliphatic heterocycles. The molecule has 0 aliphatic rings. The summed E-state index contributed by atoms with van der Waals surface area (Å²) in [6.07, 6.45) is 0. The molecule has 0 saturated heterocycles. The molecule has 1 heterocycles. The summed E-state index contributed by atoms with van der Waals surface area (Å²) >= 11 is 0. The van der Waals surface area contributed by atoms with Crippen LogP contribution in [0.3, 0.4) is 0 Å². The van der Waals surface area contributed by atoms with Gasteiger partial charge < -0.3 is 5.32 Å². The third-order valence-corrected chi connectivity index (χ3v) is 4.05. The third-order valence-electron chi connectivity index (χ3n) is 4.05. The maximum absolute atomic E-state index is 11.0. The van der Waals surface area contributed by atoms with Gasteiger partial charge in [0.15, 0.2) is 5.82 Å². The van der Waals surface area contributed by atoms with Gasteiger partial charge in [0.25, 0.3) is 5.69 Å². The van der Waals surface area contributed by atoms with Crippen molar-refractivity contribution >= 4 is 11.5 Å². The summed E-state index contributed by atoms with van der Waals surface area (Å²) in [5, 5.41) is 23.4. The molecule has 1 atom stereocenters. The first-order valence-corrected chi connectivity index (χ1v) is 8.33. The minimum Gasteiger partial charge on any atom is -0.363 e. The fourth-order valence-electron chi connectivity index (χ4n) is 2.71. The van der Waals surface area contributed by atoms with Crippen LogP contribution in [0.1, 0.15) is 29.8 Å². The van der Waals surface area contributed by atoms with E-state index in [1.54, 1.807) is 18.2 Å². The van der Waals surface area contributed by atoms with Crippen LogP contribution in [0.15, 0.2) is 54.6 Å². The zero-order valence-corrected chi connectivity index (χ0v) is 14.9. The second-order valence-electron chi connectivity index (χ2n) is 6.13. The molecule has 0 radical (unpaired) electrons. The van der Waals surface area contributed by atoms with Gasteiger partial charge in [0.1, 0.15) is 5.82 Å². The second kappa shape index (κ2) is 7.62. The van der Waals surface area contributed by atoms with Crippen molar-refractivity contribution in [1.29, 1.82) is 5.26 Å². The van der Waals surface area contributed by atoms with E-state index in [0.717, 1.165) is 11.3 Å². The van der Waals surface area contributed by atoms with Crippen molar-refractivity contribution in [3.05, 3.63) is 81.5 Å². The summed E-state index contributed by atoms with van der Waals surface area (Å²) in [7, 11) is 0. The number of anilines is 1. The number of nitro benzene ring substituents is 1. The molecule has 0 spiro atoms. The largest absolute Gasteiger partial charge is 0.363 e. The van der Waals surface area contributed by atoms with Crippen LogP contribution in [-0.4, -0.2) is 14.9 Å². The van der Waals surface area contributed by atoms with Crippen LogP contribution >= 0.6 is 0 Å². The number of hydrogen-bond donors (Lipinski definition) is 1. The molecular weight excluding hydrogens is 342 g/mol. The van der Waals surface area contributed by atoms with E-state index in [1.165, 1.54) is 12.1 Å². The normalized spacial score (nSPS) is 11.4. The molecule has 1 unspecified atom stereocenters. The Morgan fingerprint density at radius 2 is 1.93 bits per heavy atom. The topological polar surface area (TPSA) is 105 Å². The standard InChI is InChI=1S/C20H17N5O2/c1-13-9-19(23-14(2)16-6-3-5-15(10-16)12-21)24-20(22-13)17-7-4-8-18(11-17)25(26)27/h3-11,14H,1-2H3,(H,22,23,24). The molecule has 1 aromatic heterocycles. The maximum Gasteiger partial charge on any atom is 0.270 e. The van der Waals surface area contributed by atoms with Crippen LogP contribution < -0.4 is 5.32 Å². The zero-order valence-electron chi connectivity index (χ0n) is 14.9. The first-order chi connectivity index (χ1) is 13.0. The Morgan fingerprint density at radius 1 is 1.15 bits per heavy atom. The molecule has 2 aromatic carbocycles. The fraction of sp³-hybridized carbons (Fsp3) is 0.150. The fourth-order valence-corrected chi connectivity index (χ4v) is 2.71. The highest BCUT2D eigenvalue weighted by molar-refractivity contribution is 5.61. The van der Waals surface area contributed by atoms with E-state index in [2.05, 4.69) is 21.4 Å². The van der Waals surface area contributed by atoms with Gasteiger partial charge in [-0.3, -0.25) is 10.1 Å². The highest BCUT2D eigenvalue weighted by atomic mass is 16.6. The van der Waals surface area contributed by atoms with Crippen molar-refractivity contribution in [2.24, 2.45) is 0 Å². The van der Waals surface area contributed by atoms with E-state index in [4.69, 9.17) is 5.26 Å². The van der Waals surface area contributed by atoms with Gasteiger partial charge in [-0.15, -0.1) is 0 Å². The monoisotopic (exact) mass is 359 g/mol. The average Bonchev–Trinajstić information content (AvgIpc) is 2.67. The van der Waals surface area contributed by atoms with Gasteiger partial charge in [0.2, 0.25) is 0 Å². The minimum atomic E-state index is -0.442. The average molecular weight is 359 g/mol. The number of aromatic nitrogens is 2. The van der Waals surface area contributed by atoms with Crippen LogP contribution in [0.25, 0.3) is 11.4 Å². The number of nitriles is 1. The van der Waals surface area contributed by atoms with Gasteiger partial charge in [-0.05, 0) is 31.5 Å². The van der Waals surface area contributed by atoms with E-state index in [0.29, 0.717) is 22.8 Å². The molecule has 0 bridgehead atoms. The van der Waals surface area contributed by atoms with Crippen molar-refractivity contribution in [2.75, 3.05) is 5.32 Å². The SMILES string of the molecule is Cc1cc(NC(C)c2cccc(C#N)c2)nc(-c2cccc([N+](=O)[O-])c2)n1. The summed E-state index contributed by atoms with van der Waals surface area (Å²) in [6, 6.07) is 17.5. The van der Waals surface area contributed by atoms with Crippen LogP contribution in [-0.2, 0) is 0 Å². The summed E-state index contributed by atoms with van der Waals surface area (Å²) in [5.41, 5.74) is 2.87. The van der Waals surface area contributed by atoms with Crippen molar-refractivity contribution < 1.29 is 4.92 Å². The Labute approximate surface area is 156 Å². The van der Waals surface area contributed by atoms with Crippen LogP contribution in [0, 0.1) is 28.4 Å². The maximum atomic E-state index is 11.0. The molecule has 3 rings (SSSR count). The Bertz CT molecular complexity index is 1040. The summed E-state index contributed by atoms with van der Waals surface area (Å²) in [5.74, 6) is 1.03. The smallest absolute Gasteiger partial charge is 0.270 e. The van der Waals surface area contributed by atoms with Crippen LogP contribution in [0.5, 0.6) is 0 Å². The van der Waals surface area contributed by atoms with Crippen LogP contribution in [0.2, 0.25) is 0 Å². The number of aryl methyl sites for hydroxylation is 1. The quantitative estimate of drug-likeness (QED) is 0.534. The highest BCUT2D eigenvalue weighted by Crippen LogP contribution is 2.24. The first-order valence-electron chi connectivity index (χ1n) is 8.33. The van der Waals surface area contributed by atoms with E-state index >= 15 is 0 Å². The van der Waals surface area contributed by atoms with Crippen molar-refractivity contribution in [3.8, 4) is 17.5 Å². The first kappa shape index (κ1) is 18.0. The summed E-state index contributed by atoms with van der Waals surface area (Å²) in [6.45, 7) is 3.82. The lowest BCUT2D eigenvalue weighted by atomic mass is 10.1. The predicted octanol–water partition coefficient (Wildman–Crippen LogP) is 4.41. The van der Waals surface area contributed by atoms with Gasteiger partial charge in [0.05, 0.1) is 16.6 Å². The molecule has 7 nitrogen and oxygen atoms in total. The van der Waals surface area contributed by atoms with E-state index in [9.17, 15) is 10.1 Å². The molecule has 27 heavy (non-hydrogen) atoms. The van der Waals surface area contributed by atoms with E-state index in [-0.39, 0.29) is 11.7 Å². The summed E-state index contributed by atoms with van der Waals surface area (Å²) in [4.78, 5) is 19.5. The van der Waals surface area contributed by atoms with Crippen molar-refractivity contribution in [1.82, 2.24) is 9.97 Å². The molecule has 134 valence electrons. The molecule has 0 fully saturated rings. The highest BCUT2D eigenvalue weighted by Gasteiger charge is 2.12. The molecule has 7 heteroatoms. The number of rotatable bonds is 5. The number of benzene rings is 2. The Kier molecular flexibility index (Phi) is 5.08. The number of nitrogens with one attached hydrogen (secondary N) is 1. The van der Waals surface area contributed by atoms with Crippen molar-refractivity contribution in [3.63, 3.8) is 0 Å². The summed E-state index contributed by atoms with van der Waals surface area (Å²) < 4.78 is 0. The number of nitrogens with zero attached hydrogens (tertiary/aromatic N) is 4. The van der Waals surface area contributed by atoms with Gasteiger partial charge in [-0.25, -0.2) is 9.97 Å². The predicted molar refractivity (Wildman–Crippen MR) is 102 cm³/mol. The van der Waals surface area contributed by atoms with Crippen LogP contribution in [0.4, 0.5) is 11.5 Å². The van der Waals surface area contributed by atoms with Gasteiger partial charge >= 0.3 is 0 Å². The third kappa shape index (κ3) is 4.25. The van der Waals surface area contributed by atoms with Crippen molar-refractivity contribution in [2.45, 2.75) is 19.9 Å². The van der Waals surface area contributed by atoms with Gasteiger partial charge in [-0.1, -0.05) is 24.3 Å². The second-order valence-corrected chi connectivity index (χ2v) is 6.13. The number of non-ortho nitro benzene ring substituents is 1. The molecule has 0 aliphatic carbocycles. The molecule has 0 amide bonds. The lowest BCUT2D eigenvalue weighted by Gasteiger charge is -2.16. The number of nitro groups is 1. The van der Waals surface area contributed by atoms with E-state index < -0.39 is 4.92 Å². The molecule has 1 N–H and O–H groups in total. The van der Waals surface area contributed by atoms with Gasteiger partial charge in [-0.2, -0.15) is 5.26 Å². The minimum absolute atomic E-state index is 0.00574. The Hall–Kier alpha value is -3.79. The zero-order chi connectivity index (χ0) is 19.4. The van der Waals surface area contributed by atoms with Gasteiger partial charge in [0, 0.05) is 35.5 Å². The molecule has 0 saturated carbocycles.